The van der Waals surface area contributed by atoms with E-state index in [0.29, 0.717) is 0 Å². The van der Waals surface area contributed by atoms with E-state index < -0.39 is 0 Å². The number of likely N-dealkylation sites (tertiary alicyclic amines) is 1. The Morgan fingerprint density at radius 1 is 0.938 bits per heavy atom. The molecule has 0 amide bonds. The molecule has 1 heterocycles. The third-order valence-electron chi connectivity index (χ3n) is 4.52. The summed E-state index contributed by atoms with van der Waals surface area (Å²) in [4.78, 5) is 2.73. The van der Waals surface area contributed by atoms with E-state index in [1.54, 1.807) is 0 Å². The lowest BCUT2D eigenvalue weighted by Gasteiger charge is -2.36. The average Bonchev–Trinajstić information content (AvgIpc) is 2.27. The van der Waals surface area contributed by atoms with E-state index >= 15 is 0 Å². The normalized spacial score (nSPS) is 34.1. The molecule has 1 aliphatic heterocycles. The van der Waals surface area contributed by atoms with Gasteiger partial charge in [-0.05, 0) is 37.1 Å². The molecule has 94 valence electrons. The molecule has 1 saturated carbocycles. The highest BCUT2D eigenvalue weighted by atomic mass is 15.1. The first kappa shape index (κ1) is 12.4. The smallest absolute Gasteiger partial charge is 0.000724 e. The van der Waals surface area contributed by atoms with Crippen molar-refractivity contribution in [3.05, 3.63) is 0 Å². The average molecular weight is 223 g/mol. The van der Waals surface area contributed by atoms with Gasteiger partial charge in [0.05, 0.1) is 0 Å². The fraction of sp³-hybridized carbons (Fsp3) is 1.00. The molecule has 1 saturated heterocycles. The van der Waals surface area contributed by atoms with Gasteiger partial charge in [-0.2, -0.15) is 0 Å². The Bertz CT molecular complexity index is 186. The fourth-order valence-electron chi connectivity index (χ4n) is 3.82. The summed E-state index contributed by atoms with van der Waals surface area (Å²) in [5.74, 6) is 2.91. The second kappa shape index (κ2) is 6.05. The summed E-state index contributed by atoms with van der Waals surface area (Å²) in [7, 11) is 0. The van der Waals surface area contributed by atoms with Crippen LogP contribution in [0.5, 0.6) is 0 Å². The predicted octanol–water partition coefficient (Wildman–Crippen LogP) is 3.93. The lowest BCUT2D eigenvalue weighted by Crippen LogP contribution is -2.39. The molecule has 0 bridgehead atoms. The highest BCUT2D eigenvalue weighted by Gasteiger charge is 2.22. The van der Waals surface area contributed by atoms with Crippen molar-refractivity contribution in [2.45, 2.75) is 58.8 Å². The van der Waals surface area contributed by atoms with Crippen LogP contribution in [-0.4, -0.2) is 24.5 Å². The highest BCUT2D eigenvalue weighted by Crippen LogP contribution is 2.27. The van der Waals surface area contributed by atoms with Crippen LogP contribution in [0, 0.1) is 17.8 Å². The van der Waals surface area contributed by atoms with E-state index in [2.05, 4.69) is 18.7 Å². The molecule has 0 aromatic carbocycles. The van der Waals surface area contributed by atoms with Crippen LogP contribution in [0.3, 0.4) is 0 Å². The van der Waals surface area contributed by atoms with Gasteiger partial charge in [0.15, 0.2) is 0 Å². The van der Waals surface area contributed by atoms with Crippen molar-refractivity contribution in [1.82, 2.24) is 4.90 Å². The van der Waals surface area contributed by atoms with Crippen LogP contribution < -0.4 is 0 Å². The minimum absolute atomic E-state index is 0.926. The summed E-state index contributed by atoms with van der Waals surface area (Å²) in [6.07, 6.45) is 10.4. The van der Waals surface area contributed by atoms with Crippen LogP contribution in [-0.2, 0) is 0 Å². The first-order valence-corrected chi connectivity index (χ1v) is 7.46. The van der Waals surface area contributed by atoms with E-state index in [4.69, 9.17) is 0 Å². The van der Waals surface area contributed by atoms with Gasteiger partial charge >= 0.3 is 0 Å². The highest BCUT2D eigenvalue weighted by molar-refractivity contribution is 4.76. The molecule has 2 atom stereocenters. The first-order chi connectivity index (χ1) is 7.74. The van der Waals surface area contributed by atoms with E-state index in [1.807, 2.05) is 0 Å². The van der Waals surface area contributed by atoms with Crippen LogP contribution >= 0.6 is 0 Å². The second-order valence-corrected chi connectivity index (χ2v) is 6.50. The van der Waals surface area contributed by atoms with Gasteiger partial charge in [0.25, 0.3) is 0 Å². The van der Waals surface area contributed by atoms with E-state index in [1.165, 1.54) is 64.6 Å². The fourth-order valence-corrected chi connectivity index (χ4v) is 3.82. The molecule has 1 heteroatoms. The van der Waals surface area contributed by atoms with Crippen LogP contribution in [0.4, 0.5) is 0 Å². The minimum atomic E-state index is 0.926. The molecule has 16 heavy (non-hydrogen) atoms. The molecule has 0 radical (unpaired) electrons. The van der Waals surface area contributed by atoms with Crippen molar-refractivity contribution in [3.63, 3.8) is 0 Å². The quantitative estimate of drug-likeness (QED) is 0.700. The van der Waals surface area contributed by atoms with Gasteiger partial charge in [-0.15, -0.1) is 0 Å². The molecule has 0 aromatic heterocycles. The number of hydrogen-bond acceptors (Lipinski definition) is 1. The van der Waals surface area contributed by atoms with Crippen molar-refractivity contribution >= 4 is 0 Å². The molecule has 1 nitrogen and oxygen atoms in total. The second-order valence-electron chi connectivity index (χ2n) is 6.50. The molecule has 2 fully saturated rings. The molecule has 1 unspecified atom stereocenters. The van der Waals surface area contributed by atoms with Gasteiger partial charge in [-0.1, -0.05) is 46.0 Å². The lowest BCUT2D eigenvalue weighted by atomic mass is 9.86. The first-order valence-electron chi connectivity index (χ1n) is 7.46. The summed E-state index contributed by atoms with van der Waals surface area (Å²) < 4.78 is 0. The van der Waals surface area contributed by atoms with Gasteiger partial charge in [0, 0.05) is 13.1 Å². The van der Waals surface area contributed by atoms with E-state index in [9.17, 15) is 0 Å². The van der Waals surface area contributed by atoms with Gasteiger partial charge in [-0.3, -0.25) is 0 Å². The Labute approximate surface area is 102 Å². The molecule has 0 aromatic rings. The third-order valence-corrected chi connectivity index (χ3v) is 4.52. The number of rotatable bonds is 3. The SMILES string of the molecule is CC1C[C@@H](C)CN(CCC2CCCCC2)C1. The Balaban J connectivity index is 1.68. The lowest BCUT2D eigenvalue weighted by molar-refractivity contribution is 0.129. The van der Waals surface area contributed by atoms with Gasteiger partial charge < -0.3 is 4.90 Å². The molecule has 2 aliphatic rings. The number of nitrogens with zero attached hydrogens (tertiary/aromatic N) is 1. The summed E-state index contributed by atoms with van der Waals surface area (Å²) in [5, 5.41) is 0. The van der Waals surface area contributed by atoms with Crippen LogP contribution in [0.2, 0.25) is 0 Å². The summed E-state index contributed by atoms with van der Waals surface area (Å²) >= 11 is 0. The zero-order valence-electron chi connectivity index (χ0n) is 11.3. The van der Waals surface area contributed by atoms with Crippen LogP contribution in [0.25, 0.3) is 0 Å². The Morgan fingerprint density at radius 3 is 2.19 bits per heavy atom. The minimum Gasteiger partial charge on any atom is -0.303 e. The zero-order valence-corrected chi connectivity index (χ0v) is 11.3. The predicted molar refractivity (Wildman–Crippen MR) is 70.6 cm³/mol. The van der Waals surface area contributed by atoms with Crippen LogP contribution in [0.15, 0.2) is 0 Å². The molecule has 2 rings (SSSR count). The Kier molecular flexibility index (Phi) is 4.69. The zero-order chi connectivity index (χ0) is 11.4. The van der Waals surface area contributed by atoms with E-state index in [-0.39, 0.29) is 0 Å². The third kappa shape index (κ3) is 3.76. The van der Waals surface area contributed by atoms with E-state index in [0.717, 1.165) is 17.8 Å². The summed E-state index contributed by atoms with van der Waals surface area (Å²) in [5.41, 5.74) is 0. The Hall–Kier alpha value is -0.0400. The largest absolute Gasteiger partial charge is 0.303 e. The monoisotopic (exact) mass is 223 g/mol. The maximum absolute atomic E-state index is 2.73. The topological polar surface area (TPSA) is 3.24 Å². The van der Waals surface area contributed by atoms with Crippen molar-refractivity contribution in [2.24, 2.45) is 17.8 Å². The van der Waals surface area contributed by atoms with Crippen molar-refractivity contribution < 1.29 is 0 Å². The summed E-state index contributed by atoms with van der Waals surface area (Å²) in [6.45, 7) is 8.93. The van der Waals surface area contributed by atoms with Crippen LogP contribution in [0.1, 0.15) is 58.8 Å². The van der Waals surface area contributed by atoms with Gasteiger partial charge in [0.1, 0.15) is 0 Å². The maximum Gasteiger partial charge on any atom is 0.000724 e. The molecular weight excluding hydrogens is 194 g/mol. The van der Waals surface area contributed by atoms with Gasteiger partial charge in [0.2, 0.25) is 0 Å². The van der Waals surface area contributed by atoms with Crippen molar-refractivity contribution in [3.8, 4) is 0 Å². The Morgan fingerprint density at radius 2 is 1.56 bits per heavy atom. The molecule has 1 aliphatic carbocycles. The maximum atomic E-state index is 2.73. The molecular formula is C15H29N. The molecule has 0 spiro atoms. The van der Waals surface area contributed by atoms with Gasteiger partial charge in [-0.25, -0.2) is 0 Å². The number of hydrogen-bond donors (Lipinski definition) is 0. The van der Waals surface area contributed by atoms with Crippen molar-refractivity contribution in [1.29, 1.82) is 0 Å². The summed E-state index contributed by atoms with van der Waals surface area (Å²) in [6, 6.07) is 0. The standard InChI is InChI=1S/C15H29N/c1-13-10-14(2)12-16(11-13)9-8-15-6-4-3-5-7-15/h13-15H,3-12H2,1-2H3/t13-,14?/m1/s1. The van der Waals surface area contributed by atoms with Crippen molar-refractivity contribution in [2.75, 3.05) is 19.6 Å². The molecule has 0 N–H and O–H groups in total. The number of piperidine rings is 1.